The fourth-order valence-corrected chi connectivity index (χ4v) is 3.14. The van der Waals surface area contributed by atoms with E-state index in [2.05, 4.69) is 12.2 Å². The third-order valence-electron chi connectivity index (χ3n) is 3.08. The molecule has 2 nitrogen and oxygen atoms in total. The molecule has 1 unspecified atom stereocenters. The number of amides is 1. The van der Waals surface area contributed by atoms with Crippen LogP contribution in [0.15, 0.2) is 0 Å². The zero-order valence-corrected chi connectivity index (χ0v) is 11.3. The quantitative estimate of drug-likeness (QED) is 0.662. The molecule has 1 fully saturated rings. The van der Waals surface area contributed by atoms with E-state index in [9.17, 15) is 4.79 Å². The first-order chi connectivity index (χ1) is 7.84. The molecule has 1 rings (SSSR count). The van der Waals surface area contributed by atoms with Crippen LogP contribution < -0.4 is 5.32 Å². The average molecular weight is 243 g/mol. The van der Waals surface area contributed by atoms with E-state index in [4.69, 9.17) is 0 Å². The summed E-state index contributed by atoms with van der Waals surface area (Å²) in [6.07, 6.45) is 10.4. The molecule has 1 heterocycles. The van der Waals surface area contributed by atoms with Crippen molar-refractivity contribution in [3.63, 3.8) is 0 Å². The van der Waals surface area contributed by atoms with Gasteiger partial charge in [-0.1, -0.05) is 51.9 Å². The van der Waals surface area contributed by atoms with Crippen LogP contribution in [-0.2, 0) is 4.79 Å². The molecule has 0 saturated carbocycles. The Kier molecular flexibility index (Phi) is 7.73. The minimum atomic E-state index is 0.240. The Bertz CT molecular complexity index is 196. The van der Waals surface area contributed by atoms with Gasteiger partial charge in [-0.3, -0.25) is 4.79 Å². The molecule has 94 valence electrons. The normalized spacial score (nSPS) is 20.8. The van der Waals surface area contributed by atoms with E-state index in [0.717, 1.165) is 18.7 Å². The Morgan fingerprint density at radius 1 is 1.19 bits per heavy atom. The van der Waals surface area contributed by atoms with Crippen molar-refractivity contribution in [2.45, 2.75) is 63.5 Å². The summed E-state index contributed by atoms with van der Waals surface area (Å²) in [6.45, 7) is 3.11. The molecule has 1 atom stereocenters. The molecule has 0 spiro atoms. The zero-order valence-electron chi connectivity index (χ0n) is 10.5. The van der Waals surface area contributed by atoms with Gasteiger partial charge >= 0.3 is 0 Å². The Morgan fingerprint density at radius 2 is 1.88 bits per heavy atom. The van der Waals surface area contributed by atoms with Crippen molar-refractivity contribution >= 4 is 17.7 Å². The molecule has 1 amide bonds. The number of carbonyl (C=O) groups excluding carboxylic acids is 1. The van der Waals surface area contributed by atoms with Crippen molar-refractivity contribution in [1.82, 2.24) is 5.32 Å². The Hall–Kier alpha value is -0.180. The fraction of sp³-hybridized carbons (Fsp3) is 0.923. The van der Waals surface area contributed by atoms with E-state index >= 15 is 0 Å². The van der Waals surface area contributed by atoms with Crippen molar-refractivity contribution in [3.8, 4) is 0 Å². The summed E-state index contributed by atoms with van der Waals surface area (Å²) < 4.78 is 0. The molecule has 1 aliphatic heterocycles. The maximum Gasteiger partial charge on any atom is 0.233 e. The van der Waals surface area contributed by atoms with Gasteiger partial charge < -0.3 is 5.32 Å². The lowest BCUT2D eigenvalue weighted by Crippen LogP contribution is -2.39. The fourth-order valence-electron chi connectivity index (χ4n) is 2.07. The summed E-state index contributed by atoms with van der Waals surface area (Å²) >= 11 is 1.83. The number of rotatable bonds is 8. The van der Waals surface area contributed by atoms with Crippen LogP contribution in [0, 0.1) is 0 Å². The summed E-state index contributed by atoms with van der Waals surface area (Å²) in [4.78, 5) is 11.5. The van der Waals surface area contributed by atoms with Gasteiger partial charge in [0.2, 0.25) is 5.91 Å². The molecule has 0 aromatic carbocycles. The van der Waals surface area contributed by atoms with Crippen LogP contribution in [0.1, 0.15) is 58.3 Å². The second-order valence-electron chi connectivity index (χ2n) is 4.56. The average Bonchev–Trinajstić information content (AvgIpc) is 2.30. The predicted molar refractivity (Wildman–Crippen MR) is 71.9 cm³/mol. The van der Waals surface area contributed by atoms with Gasteiger partial charge in [-0.25, -0.2) is 0 Å². The molecule has 0 aliphatic carbocycles. The largest absolute Gasteiger partial charge is 0.354 e. The van der Waals surface area contributed by atoms with Gasteiger partial charge in [0.15, 0.2) is 0 Å². The van der Waals surface area contributed by atoms with E-state index in [1.54, 1.807) is 0 Å². The first kappa shape index (κ1) is 13.9. The molecule has 3 heteroatoms. The topological polar surface area (TPSA) is 29.1 Å². The summed E-state index contributed by atoms with van der Waals surface area (Å²) in [5.41, 5.74) is 0. The van der Waals surface area contributed by atoms with Crippen LogP contribution in [-0.4, -0.2) is 23.5 Å². The molecule has 16 heavy (non-hydrogen) atoms. The van der Waals surface area contributed by atoms with Gasteiger partial charge in [0, 0.05) is 12.3 Å². The number of carbonyl (C=O) groups is 1. The molecule has 1 saturated heterocycles. The van der Waals surface area contributed by atoms with Crippen molar-refractivity contribution in [2.75, 3.05) is 12.3 Å². The molecule has 1 N–H and O–H groups in total. The van der Waals surface area contributed by atoms with Gasteiger partial charge in [-0.05, 0) is 6.42 Å². The van der Waals surface area contributed by atoms with E-state index in [1.807, 2.05) is 11.8 Å². The number of hydrogen-bond acceptors (Lipinski definition) is 2. The summed E-state index contributed by atoms with van der Waals surface area (Å²) in [5, 5.41) is 3.18. The van der Waals surface area contributed by atoms with Crippen molar-refractivity contribution < 1.29 is 4.79 Å². The van der Waals surface area contributed by atoms with E-state index in [0.29, 0.717) is 0 Å². The highest BCUT2D eigenvalue weighted by Crippen LogP contribution is 2.21. The third-order valence-corrected chi connectivity index (χ3v) is 4.37. The summed E-state index contributed by atoms with van der Waals surface area (Å²) in [7, 11) is 0. The summed E-state index contributed by atoms with van der Waals surface area (Å²) in [6, 6.07) is 0. The second kappa shape index (κ2) is 8.91. The van der Waals surface area contributed by atoms with E-state index in [-0.39, 0.29) is 11.2 Å². The number of nitrogens with one attached hydrogen (secondary N) is 1. The van der Waals surface area contributed by atoms with Crippen LogP contribution in [0.2, 0.25) is 0 Å². The van der Waals surface area contributed by atoms with Crippen LogP contribution >= 0.6 is 11.8 Å². The van der Waals surface area contributed by atoms with Crippen molar-refractivity contribution in [2.24, 2.45) is 0 Å². The highest BCUT2D eigenvalue weighted by Gasteiger charge is 2.21. The summed E-state index contributed by atoms with van der Waals surface area (Å²) in [5.74, 6) is 1.36. The van der Waals surface area contributed by atoms with E-state index in [1.165, 1.54) is 44.9 Å². The first-order valence-electron chi connectivity index (χ1n) is 6.74. The van der Waals surface area contributed by atoms with Crippen molar-refractivity contribution in [3.05, 3.63) is 0 Å². The molecule has 0 aromatic heterocycles. The van der Waals surface area contributed by atoms with Gasteiger partial charge in [-0.15, -0.1) is 11.8 Å². The highest BCUT2D eigenvalue weighted by molar-refractivity contribution is 8.00. The minimum absolute atomic E-state index is 0.240. The minimum Gasteiger partial charge on any atom is -0.354 e. The Labute approximate surface area is 104 Å². The molecular weight excluding hydrogens is 218 g/mol. The number of hydrogen-bond donors (Lipinski definition) is 1. The third kappa shape index (κ3) is 5.78. The first-order valence-corrected chi connectivity index (χ1v) is 7.78. The maximum atomic E-state index is 11.5. The van der Waals surface area contributed by atoms with Crippen LogP contribution in [0.4, 0.5) is 0 Å². The standard InChI is InChI=1S/C13H25NOS/c1-2-3-4-5-6-7-8-9-12-13(15)14-10-11-16-12/h12H,2-11H2,1H3,(H,14,15). The second-order valence-corrected chi connectivity index (χ2v) is 5.87. The maximum absolute atomic E-state index is 11.5. The number of unbranched alkanes of at least 4 members (excludes halogenated alkanes) is 6. The molecular formula is C13H25NOS. The monoisotopic (exact) mass is 243 g/mol. The zero-order chi connectivity index (χ0) is 11.6. The van der Waals surface area contributed by atoms with Crippen LogP contribution in [0.5, 0.6) is 0 Å². The predicted octanol–water partition coefficient (Wildman–Crippen LogP) is 3.36. The Balaban J connectivity index is 1.92. The lowest BCUT2D eigenvalue weighted by molar-refractivity contribution is -0.120. The smallest absolute Gasteiger partial charge is 0.233 e. The van der Waals surface area contributed by atoms with Crippen LogP contribution in [0.3, 0.4) is 0 Å². The van der Waals surface area contributed by atoms with Gasteiger partial charge in [0.25, 0.3) is 0 Å². The van der Waals surface area contributed by atoms with Crippen molar-refractivity contribution in [1.29, 1.82) is 0 Å². The van der Waals surface area contributed by atoms with Gasteiger partial charge in [-0.2, -0.15) is 0 Å². The van der Waals surface area contributed by atoms with Crippen LogP contribution in [0.25, 0.3) is 0 Å². The number of thioether (sulfide) groups is 1. The lowest BCUT2D eigenvalue weighted by Gasteiger charge is -2.21. The Morgan fingerprint density at radius 3 is 2.56 bits per heavy atom. The molecule has 0 radical (unpaired) electrons. The lowest BCUT2D eigenvalue weighted by atomic mass is 10.1. The van der Waals surface area contributed by atoms with Gasteiger partial charge in [0.05, 0.1) is 5.25 Å². The van der Waals surface area contributed by atoms with Gasteiger partial charge in [0.1, 0.15) is 0 Å². The molecule has 0 aromatic rings. The SMILES string of the molecule is CCCCCCCCCC1SCCNC1=O. The van der Waals surface area contributed by atoms with E-state index < -0.39 is 0 Å². The molecule has 1 aliphatic rings. The highest BCUT2D eigenvalue weighted by atomic mass is 32.2. The molecule has 0 bridgehead atoms.